The first-order chi connectivity index (χ1) is 13.4. The van der Waals surface area contributed by atoms with E-state index in [1.165, 1.54) is 6.07 Å². The number of nitrogens with zero attached hydrogens (tertiary/aromatic N) is 2. The number of amides is 2. The third kappa shape index (κ3) is 4.46. The molecule has 2 aliphatic rings. The van der Waals surface area contributed by atoms with E-state index >= 15 is 0 Å². The van der Waals surface area contributed by atoms with E-state index in [-0.39, 0.29) is 35.7 Å². The van der Waals surface area contributed by atoms with Crippen LogP contribution in [-0.2, 0) is 9.53 Å². The van der Waals surface area contributed by atoms with Gasteiger partial charge < -0.3 is 14.5 Å². The minimum absolute atomic E-state index is 0.00442. The second kappa shape index (κ2) is 7.47. The molecule has 158 valence electrons. The predicted octanol–water partition coefficient (Wildman–Crippen LogP) is 4.84. The number of carbonyl (C=O) groups is 2. The Hall–Kier alpha value is -2.37. The minimum atomic E-state index is -0.587. The summed E-state index contributed by atoms with van der Waals surface area (Å²) in [5, 5.41) is 0. The normalized spacial score (nSPS) is 20.7. The third-order valence-corrected chi connectivity index (χ3v) is 5.27. The number of benzene rings is 1. The Morgan fingerprint density at radius 2 is 1.79 bits per heavy atom. The molecule has 2 amide bonds. The van der Waals surface area contributed by atoms with Crippen molar-refractivity contribution in [3.8, 4) is 0 Å². The van der Waals surface area contributed by atoms with E-state index in [4.69, 9.17) is 4.74 Å². The van der Waals surface area contributed by atoms with Crippen LogP contribution in [0.15, 0.2) is 35.5 Å². The zero-order valence-corrected chi connectivity index (χ0v) is 18.2. The van der Waals surface area contributed by atoms with Crippen LogP contribution in [0.2, 0.25) is 0 Å². The number of ether oxygens (including phenoxy) is 1. The molecule has 1 aromatic carbocycles. The average molecular weight is 403 g/mol. The smallest absolute Gasteiger partial charge is 0.410 e. The Balaban J connectivity index is 2.03. The molecule has 0 saturated carbocycles. The molecule has 6 heteroatoms. The summed E-state index contributed by atoms with van der Waals surface area (Å²) in [5.41, 5.74) is 1.39. The standard InChI is InChI=1S/C23H31FN2O3/c1-22(2,3)26-19-11-12-25(21(28)29-23(4,5)6)14-17(19)16(13-20(26)27)15-9-7-8-10-18(15)24/h7-10,16H,11-14H2,1-6H3. The summed E-state index contributed by atoms with van der Waals surface area (Å²) in [4.78, 5) is 29.2. The fourth-order valence-electron chi connectivity index (χ4n) is 4.20. The Morgan fingerprint density at radius 1 is 1.14 bits per heavy atom. The third-order valence-electron chi connectivity index (χ3n) is 5.27. The van der Waals surface area contributed by atoms with E-state index in [9.17, 15) is 14.0 Å². The van der Waals surface area contributed by atoms with E-state index in [0.717, 1.165) is 11.3 Å². The summed E-state index contributed by atoms with van der Waals surface area (Å²) in [7, 11) is 0. The summed E-state index contributed by atoms with van der Waals surface area (Å²) in [6.45, 7) is 12.3. The van der Waals surface area contributed by atoms with Gasteiger partial charge in [-0.1, -0.05) is 18.2 Å². The lowest BCUT2D eigenvalue weighted by Gasteiger charge is -2.47. The van der Waals surface area contributed by atoms with E-state index in [1.54, 1.807) is 23.1 Å². The van der Waals surface area contributed by atoms with E-state index in [2.05, 4.69) is 0 Å². The zero-order valence-electron chi connectivity index (χ0n) is 18.2. The number of carbonyl (C=O) groups excluding carboxylic acids is 2. The monoisotopic (exact) mass is 402 g/mol. The number of hydrogen-bond acceptors (Lipinski definition) is 3. The maximum absolute atomic E-state index is 14.6. The van der Waals surface area contributed by atoms with Gasteiger partial charge in [0.05, 0.1) is 0 Å². The minimum Gasteiger partial charge on any atom is -0.444 e. The van der Waals surface area contributed by atoms with Gasteiger partial charge in [-0.25, -0.2) is 9.18 Å². The van der Waals surface area contributed by atoms with Gasteiger partial charge in [0.15, 0.2) is 0 Å². The van der Waals surface area contributed by atoms with Crippen molar-refractivity contribution in [2.45, 2.75) is 71.4 Å². The van der Waals surface area contributed by atoms with Crippen molar-refractivity contribution in [3.63, 3.8) is 0 Å². The van der Waals surface area contributed by atoms with Gasteiger partial charge in [-0.05, 0) is 58.7 Å². The molecule has 29 heavy (non-hydrogen) atoms. The molecule has 5 nitrogen and oxygen atoms in total. The Morgan fingerprint density at radius 3 is 2.38 bits per heavy atom. The zero-order chi connectivity index (χ0) is 21.6. The fraction of sp³-hybridized carbons (Fsp3) is 0.565. The molecule has 0 N–H and O–H groups in total. The average Bonchev–Trinajstić information content (AvgIpc) is 2.58. The first-order valence-corrected chi connectivity index (χ1v) is 10.2. The van der Waals surface area contributed by atoms with Gasteiger partial charge in [0.25, 0.3) is 0 Å². The van der Waals surface area contributed by atoms with Crippen LogP contribution in [-0.4, -0.2) is 46.0 Å². The lowest BCUT2D eigenvalue weighted by atomic mass is 9.79. The summed E-state index contributed by atoms with van der Waals surface area (Å²) in [6, 6.07) is 6.59. The first-order valence-electron chi connectivity index (χ1n) is 10.2. The number of rotatable bonds is 1. The summed E-state index contributed by atoms with van der Waals surface area (Å²) >= 11 is 0. The van der Waals surface area contributed by atoms with Crippen LogP contribution in [0.4, 0.5) is 9.18 Å². The van der Waals surface area contributed by atoms with Crippen molar-refractivity contribution in [2.75, 3.05) is 13.1 Å². The molecule has 0 aliphatic carbocycles. The largest absolute Gasteiger partial charge is 0.444 e. The fourth-order valence-corrected chi connectivity index (χ4v) is 4.20. The first kappa shape index (κ1) is 21.3. The lowest BCUT2D eigenvalue weighted by molar-refractivity contribution is -0.135. The van der Waals surface area contributed by atoms with Crippen molar-refractivity contribution in [3.05, 3.63) is 46.9 Å². The highest BCUT2D eigenvalue weighted by Gasteiger charge is 2.43. The quantitative estimate of drug-likeness (QED) is 0.676. The molecule has 0 aromatic heterocycles. The molecule has 1 atom stereocenters. The summed E-state index contributed by atoms with van der Waals surface area (Å²) < 4.78 is 20.2. The SMILES string of the molecule is CC(C)(C)OC(=O)N1CCC2=C(C1)C(c1ccccc1F)CC(=O)N2C(C)(C)C. The van der Waals surface area contributed by atoms with Crippen LogP contribution in [0.3, 0.4) is 0 Å². The van der Waals surface area contributed by atoms with Crippen molar-refractivity contribution in [2.24, 2.45) is 0 Å². The van der Waals surface area contributed by atoms with Crippen molar-refractivity contribution in [1.29, 1.82) is 0 Å². The van der Waals surface area contributed by atoms with Crippen LogP contribution in [0, 0.1) is 5.82 Å². The Labute approximate surface area is 172 Å². The molecule has 2 aliphatic heterocycles. The maximum atomic E-state index is 14.6. The van der Waals surface area contributed by atoms with Crippen molar-refractivity contribution >= 4 is 12.0 Å². The summed E-state index contributed by atoms with van der Waals surface area (Å²) in [5.74, 6) is -0.700. The van der Waals surface area contributed by atoms with Crippen molar-refractivity contribution in [1.82, 2.24) is 9.80 Å². The van der Waals surface area contributed by atoms with Crippen LogP contribution < -0.4 is 0 Å². The molecule has 0 saturated heterocycles. The van der Waals surface area contributed by atoms with Gasteiger partial charge in [0.1, 0.15) is 11.4 Å². The van der Waals surface area contributed by atoms with Gasteiger partial charge in [-0.15, -0.1) is 0 Å². The van der Waals surface area contributed by atoms with Crippen LogP contribution >= 0.6 is 0 Å². The molecule has 3 rings (SSSR count). The topological polar surface area (TPSA) is 49.9 Å². The van der Waals surface area contributed by atoms with E-state index in [0.29, 0.717) is 25.1 Å². The van der Waals surface area contributed by atoms with Gasteiger partial charge >= 0.3 is 6.09 Å². The molecule has 0 bridgehead atoms. The van der Waals surface area contributed by atoms with E-state index < -0.39 is 5.60 Å². The second-order valence-electron chi connectivity index (χ2n) is 9.80. The molecule has 2 heterocycles. The van der Waals surface area contributed by atoms with Gasteiger partial charge in [0.2, 0.25) is 5.91 Å². The molecule has 0 fully saturated rings. The molecular weight excluding hydrogens is 371 g/mol. The highest BCUT2D eigenvalue weighted by Crippen LogP contribution is 2.43. The van der Waals surface area contributed by atoms with Crippen LogP contribution in [0.5, 0.6) is 0 Å². The Bertz CT molecular complexity index is 848. The van der Waals surface area contributed by atoms with Crippen molar-refractivity contribution < 1.29 is 18.7 Å². The number of halogens is 1. The van der Waals surface area contributed by atoms with Crippen LogP contribution in [0.1, 0.15) is 65.9 Å². The highest BCUT2D eigenvalue weighted by molar-refractivity contribution is 5.83. The van der Waals surface area contributed by atoms with E-state index in [1.807, 2.05) is 46.4 Å². The molecule has 1 unspecified atom stereocenters. The van der Waals surface area contributed by atoms with Crippen LogP contribution in [0.25, 0.3) is 0 Å². The lowest BCUT2D eigenvalue weighted by Crippen LogP contribution is -2.52. The molecule has 0 spiro atoms. The van der Waals surface area contributed by atoms with Gasteiger partial charge in [-0.2, -0.15) is 0 Å². The highest BCUT2D eigenvalue weighted by atomic mass is 19.1. The molecule has 0 radical (unpaired) electrons. The summed E-state index contributed by atoms with van der Waals surface area (Å²) in [6.07, 6.45) is 0.359. The maximum Gasteiger partial charge on any atom is 0.410 e. The predicted molar refractivity (Wildman–Crippen MR) is 110 cm³/mol. The molecule has 1 aromatic rings. The Kier molecular flexibility index (Phi) is 5.50. The molecular formula is C23H31FN2O3. The number of hydrogen-bond donors (Lipinski definition) is 0. The van der Waals surface area contributed by atoms with Gasteiger partial charge in [-0.3, -0.25) is 4.79 Å². The van der Waals surface area contributed by atoms with Gasteiger partial charge in [0, 0.05) is 43.1 Å². The second-order valence-corrected chi connectivity index (χ2v) is 9.80.